The maximum absolute atomic E-state index is 13.2. The molecule has 0 unspecified atom stereocenters. The number of amides is 1. The van der Waals surface area contributed by atoms with Crippen molar-refractivity contribution in [1.29, 1.82) is 0 Å². The lowest BCUT2D eigenvalue weighted by Gasteiger charge is -2.27. The number of aliphatic hydroxyl groups excluding tert-OH is 1. The van der Waals surface area contributed by atoms with E-state index in [1.54, 1.807) is 54.5 Å². The number of carbonyl (C=O) groups is 2. The molecule has 35 heavy (non-hydrogen) atoms. The second-order valence-corrected chi connectivity index (χ2v) is 8.22. The summed E-state index contributed by atoms with van der Waals surface area (Å²) in [5.41, 5.74) is 1.09. The van der Waals surface area contributed by atoms with Gasteiger partial charge in [-0.1, -0.05) is 32.0 Å². The van der Waals surface area contributed by atoms with Gasteiger partial charge < -0.3 is 29.1 Å². The standard InChI is InChI=1S/C27H34N2O6/c1-6-28(7-2)14-9-15-29-24(18-12-13-21(34-4)22(17-18)35-5)23(26(31)27(29)32)25(30)19-10-8-11-20(16-19)33-3/h8,10-13,16-17,24,30H,6-7,9,14-15H2,1-5H3/b25-23+/t24-/m0/s1. The number of nitrogens with zero attached hydrogens (tertiary/aromatic N) is 2. The van der Waals surface area contributed by atoms with Crippen molar-refractivity contribution in [3.05, 3.63) is 59.2 Å². The first-order valence-electron chi connectivity index (χ1n) is 11.8. The van der Waals surface area contributed by atoms with Gasteiger partial charge in [-0.2, -0.15) is 0 Å². The lowest BCUT2D eigenvalue weighted by molar-refractivity contribution is -0.140. The Morgan fingerprint density at radius 1 is 0.971 bits per heavy atom. The molecule has 0 saturated carbocycles. The highest BCUT2D eigenvalue weighted by atomic mass is 16.5. The van der Waals surface area contributed by atoms with E-state index in [9.17, 15) is 14.7 Å². The summed E-state index contributed by atoms with van der Waals surface area (Å²) in [6.45, 7) is 7.16. The van der Waals surface area contributed by atoms with Gasteiger partial charge in [0.15, 0.2) is 11.5 Å². The van der Waals surface area contributed by atoms with Gasteiger partial charge in [0.1, 0.15) is 11.5 Å². The Kier molecular flexibility index (Phi) is 8.76. The highest BCUT2D eigenvalue weighted by Gasteiger charge is 2.46. The van der Waals surface area contributed by atoms with Gasteiger partial charge in [0.25, 0.3) is 11.7 Å². The molecular weight excluding hydrogens is 448 g/mol. The van der Waals surface area contributed by atoms with Crippen LogP contribution in [0.3, 0.4) is 0 Å². The summed E-state index contributed by atoms with van der Waals surface area (Å²) in [5.74, 6) is -0.0530. The van der Waals surface area contributed by atoms with E-state index in [0.29, 0.717) is 41.3 Å². The van der Waals surface area contributed by atoms with Crippen molar-refractivity contribution in [3.63, 3.8) is 0 Å². The molecule has 0 bridgehead atoms. The minimum absolute atomic E-state index is 0.0401. The fourth-order valence-electron chi connectivity index (χ4n) is 4.41. The second kappa shape index (κ2) is 11.8. The SMILES string of the molecule is CCN(CC)CCCN1C(=O)C(=O)/C(=C(/O)c2cccc(OC)c2)[C@@H]1c1ccc(OC)c(OC)c1. The van der Waals surface area contributed by atoms with Crippen molar-refractivity contribution >= 4 is 17.4 Å². The van der Waals surface area contributed by atoms with E-state index in [4.69, 9.17) is 14.2 Å². The van der Waals surface area contributed by atoms with Crippen LogP contribution in [0.2, 0.25) is 0 Å². The molecule has 1 amide bonds. The Hall–Kier alpha value is -3.52. The predicted octanol–water partition coefficient (Wildman–Crippen LogP) is 3.87. The van der Waals surface area contributed by atoms with E-state index in [-0.39, 0.29) is 11.3 Å². The summed E-state index contributed by atoms with van der Waals surface area (Å²) in [7, 11) is 4.59. The number of benzene rings is 2. The number of hydrogen-bond acceptors (Lipinski definition) is 7. The van der Waals surface area contributed by atoms with E-state index in [1.165, 1.54) is 14.2 Å². The molecule has 1 saturated heterocycles. The number of ketones is 1. The quantitative estimate of drug-likeness (QED) is 0.296. The van der Waals surface area contributed by atoms with E-state index < -0.39 is 17.7 Å². The Morgan fingerprint density at radius 3 is 2.31 bits per heavy atom. The van der Waals surface area contributed by atoms with E-state index in [2.05, 4.69) is 18.7 Å². The first kappa shape index (κ1) is 26.1. The van der Waals surface area contributed by atoms with Crippen LogP contribution in [0, 0.1) is 0 Å². The number of methoxy groups -OCH3 is 3. The topological polar surface area (TPSA) is 88.5 Å². The van der Waals surface area contributed by atoms with Crippen LogP contribution in [-0.2, 0) is 9.59 Å². The number of aliphatic hydroxyl groups is 1. The second-order valence-electron chi connectivity index (χ2n) is 8.22. The average Bonchev–Trinajstić information content (AvgIpc) is 3.15. The molecule has 188 valence electrons. The van der Waals surface area contributed by atoms with Crippen molar-refractivity contribution in [3.8, 4) is 17.2 Å². The van der Waals surface area contributed by atoms with Crippen LogP contribution in [0.5, 0.6) is 17.2 Å². The normalized spacial score (nSPS) is 17.2. The predicted molar refractivity (Wildman–Crippen MR) is 134 cm³/mol. The maximum Gasteiger partial charge on any atom is 0.295 e. The van der Waals surface area contributed by atoms with Crippen molar-refractivity contribution in [2.75, 3.05) is 47.5 Å². The zero-order chi connectivity index (χ0) is 25.5. The molecule has 8 nitrogen and oxygen atoms in total. The first-order valence-corrected chi connectivity index (χ1v) is 11.8. The Bertz CT molecular complexity index is 1090. The maximum atomic E-state index is 13.2. The number of hydrogen-bond donors (Lipinski definition) is 1. The lowest BCUT2D eigenvalue weighted by Crippen LogP contribution is -2.33. The van der Waals surface area contributed by atoms with Gasteiger partial charge in [0.05, 0.1) is 32.9 Å². The average molecular weight is 483 g/mol. The van der Waals surface area contributed by atoms with E-state index in [0.717, 1.165) is 19.6 Å². The summed E-state index contributed by atoms with van der Waals surface area (Å²) in [6.07, 6.45) is 0.692. The molecule has 0 radical (unpaired) electrons. The van der Waals surface area contributed by atoms with Gasteiger partial charge in [0.2, 0.25) is 0 Å². The lowest BCUT2D eigenvalue weighted by atomic mass is 9.95. The van der Waals surface area contributed by atoms with Crippen molar-refractivity contribution in [2.45, 2.75) is 26.3 Å². The molecule has 0 spiro atoms. The fraction of sp³-hybridized carbons (Fsp3) is 0.407. The Labute approximate surface area is 206 Å². The monoisotopic (exact) mass is 482 g/mol. The van der Waals surface area contributed by atoms with Crippen LogP contribution in [0.15, 0.2) is 48.0 Å². The molecule has 0 aliphatic carbocycles. The van der Waals surface area contributed by atoms with Crippen molar-refractivity contribution in [2.24, 2.45) is 0 Å². The zero-order valence-electron chi connectivity index (χ0n) is 21.0. The molecule has 2 aromatic carbocycles. The van der Waals surface area contributed by atoms with Crippen molar-refractivity contribution in [1.82, 2.24) is 9.80 Å². The Morgan fingerprint density at radius 2 is 1.69 bits per heavy atom. The molecule has 1 atom stereocenters. The minimum Gasteiger partial charge on any atom is -0.507 e. The highest BCUT2D eigenvalue weighted by molar-refractivity contribution is 6.46. The molecule has 1 N–H and O–H groups in total. The third-order valence-electron chi connectivity index (χ3n) is 6.37. The molecule has 1 aliphatic heterocycles. The van der Waals surface area contributed by atoms with Gasteiger partial charge in [-0.15, -0.1) is 0 Å². The van der Waals surface area contributed by atoms with Gasteiger partial charge in [0, 0.05) is 12.1 Å². The van der Waals surface area contributed by atoms with Crippen LogP contribution in [0.1, 0.15) is 37.4 Å². The van der Waals surface area contributed by atoms with Crippen LogP contribution in [0.25, 0.3) is 5.76 Å². The van der Waals surface area contributed by atoms with E-state index >= 15 is 0 Å². The molecule has 8 heteroatoms. The largest absolute Gasteiger partial charge is 0.507 e. The third-order valence-corrected chi connectivity index (χ3v) is 6.37. The minimum atomic E-state index is -0.766. The summed E-state index contributed by atoms with van der Waals surface area (Å²) in [6, 6.07) is 11.3. The summed E-state index contributed by atoms with van der Waals surface area (Å²) < 4.78 is 16.1. The summed E-state index contributed by atoms with van der Waals surface area (Å²) >= 11 is 0. The Balaban J connectivity index is 2.10. The fourth-order valence-corrected chi connectivity index (χ4v) is 4.41. The summed E-state index contributed by atoms with van der Waals surface area (Å²) in [5, 5.41) is 11.3. The first-order chi connectivity index (χ1) is 16.9. The van der Waals surface area contributed by atoms with Crippen LogP contribution in [-0.4, -0.2) is 74.1 Å². The third kappa shape index (κ3) is 5.43. The summed E-state index contributed by atoms with van der Waals surface area (Å²) in [4.78, 5) is 30.2. The van der Waals surface area contributed by atoms with E-state index in [1.807, 2.05) is 0 Å². The van der Waals surface area contributed by atoms with Gasteiger partial charge in [-0.3, -0.25) is 9.59 Å². The molecular formula is C27H34N2O6. The molecule has 2 aromatic rings. The number of ether oxygens (including phenoxy) is 3. The number of rotatable bonds is 11. The molecule has 3 rings (SSSR count). The molecule has 0 aromatic heterocycles. The number of carbonyl (C=O) groups excluding carboxylic acids is 2. The number of Topliss-reactive ketones (excluding diaryl/α,β-unsaturated/α-hetero) is 1. The zero-order valence-corrected chi connectivity index (χ0v) is 21.0. The highest BCUT2D eigenvalue weighted by Crippen LogP contribution is 2.42. The smallest absolute Gasteiger partial charge is 0.295 e. The molecule has 1 fully saturated rings. The van der Waals surface area contributed by atoms with Gasteiger partial charge in [-0.25, -0.2) is 0 Å². The van der Waals surface area contributed by atoms with Crippen molar-refractivity contribution < 1.29 is 28.9 Å². The van der Waals surface area contributed by atoms with Crippen LogP contribution in [0.4, 0.5) is 0 Å². The van der Waals surface area contributed by atoms with Crippen LogP contribution >= 0.6 is 0 Å². The molecule has 1 aliphatic rings. The van der Waals surface area contributed by atoms with Gasteiger partial charge in [-0.05, 0) is 55.9 Å². The van der Waals surface area contributed by atoms with Gasteiger partial charge >= 0.3 is 0 Å². The van der Waals surface area contributed by atoms with Crippen LogP contribution < -0.4 is 14.2 Å². The molecule has 1 heterocycles. The number of likely N-dealkylation sites (tertiary alicyclic amines) is 1.